The molecule has 0 spiro atoms. The SMILES string of the molecule is CCCn1ccnc1NCC1Cc2ccccc2O1. The van der Waals surface area contributed by atoms with Gasteiger partial charge in [-0.15, -0.1) is 0 Å². The van der Waals surface area contributed by atoms with Gasteiger partial charge >= 0.3 is 0 Å². The summed E-state index contributed by atoms with van der Waals surface area (Å²) in [4.78, 5) is 4.34. The van der Waals surface area contributed by atoms with Crippen molar-refractivity contribution in [2.24, 2.45) is 0 Å². The Labute approximate surface area is 113 Å². The number of hydrogen-bond donors (Lipinski definition) is 1. The highest BCUT2D eigenvalue weighted by molar-refractivity contribution is 5.38. The normalized spacial score (nSPS) is 17.0. The number of para-hydroxylation sites is 1. The molecule has 0 fully saturated rings. The lowest BCUT2D eigenvalue weighted by atomic mass is 10.1. The Morgan fingerprint density at radius 2 is 2.32 bits per heavy atom. The molecule has 1 aromatic heterocycles. The Hall–Kier alpha value is -1.97. The summed E-state index contributed by atoms with van der Waals surface area (Å²) in [5.74, 6) is 1.95. The van der Waals surface area contributed by atoms with Crippen LogP contribution in [0.25, 0.3) is 0 Å². The van der Waals surface area contributed by atoms with E-state index in [9.17, 15) is 0 Å². The first-order valence-electron chi connectivity index (χ1n) is 6.86. The van der Waals surface area contributed by atoms with E-state index in [1.807, 2.05) is 24.5 Å². The molecule has 2 heterocycles. The lowest BCUT2D eigenvalue weighted by Crippen LogP contribution is -2.25. The molecule has 0 aliphatic carbocycles. The molecule has 1 aliphatic heterocycles. The zero-order valence-electron chi connectivity index (χ0n) is 11.2. The van der Waals surface area contributed by atoms with Crippen LogP contribution in [0.15, 0.2) is 36.7 Å². The van der Waals surface area contributed by atoms with E-state index < -0.39 is 0 Å². The second-order valence-corrected chi connectivity index (χ2v) is 4.88. The van der Waals surface area contributed by atoms with Crippen molar-refractivity contribution in [2.75, 3.05) is 11.9 Å². The van der Waals surface area contributed by atoms with E-state index >= 15 is 0 Å². The van der Waals surface area contributed by atoms with E-state index in [-0.39, 0.29) is 6.10 Å². The standard InChI is InChI=1S/C15H19N3O/c1-2-8-18-9-7-16-15(18)17-11-13-10-12-5-3-4-6-14(12)19-13/h3-7,9,13H,2,8,10-11H2,1H3,(H,16,17). The molecule has 1 unspecified atom stereocenters. The first kappa shape index (κ1) is 12.1. The molecular formula is C15H19N3O. The lowest BCUT2D eigenvalue weighted by Gasteiger charge is -2.13. The summed E-state index contributed by atoms with van der Waals surface area (Å²) < 4.78 is 8.05. The van der Waals surface area contributed by atoms with Gasteiger partial charge < -0.3 is 14.6 Å². The van der Waals surface area contributed by atoms with E-state index in [0.29, 0.717) is 0 Å². The Morgan fingerprint density at radius 1 is 1.42 bits per heavy atom. The summed E-state index contributed by atoms with van der Waals surface area (Å²) in [6.45, 7) is 3.95. The third-order valence-electron chi connectivity index (χ3n) is 3.38. The predicted molar refractivity (Wildman–Crippen MR) is 75.6 cm³/mol. The molecule has 1 aromatic carbocycles. The Morgan fingerprint density at radius 3 is 3.16 bits per heavy atom. The van der Waals surface area contributed by atoms with Gasteiger partial charge in [0.15, 0.2) is 0 Å². The molecule has 0 amide bonds. The quantitative estimate of drug-likeness (QED) is 0.895. The number of nitrogens with one attached hydrogen (secondary N) is 1. The van der Waals surface area contributed by atoms with Crippen molar-refractivity contribution < 1.29 is 4.74 Å². The molecular weight excluding hydrogens is 238 g/mol. The molecule has 0 saturated heterocycles. The van der Waals surface area contributed by atoms with Gasteiger partial charge in [0, 0.05) is 25.4 Å². The third kappa shape index (κ3) is 2.57. The maximum absolute atomic E-state index is 5.91. The molecule has 0 radical (unpaired) electrons. The molecule has 1 aliphatic rings. The minimum absolute atomic E-state index is 0.198. The number of aryl methyl sites for hydroxylation is 1. The molecule has 0 saturated carbocycles. The molecule has 1 N–H and O–H groups in total. The van der Waals surface area contributed by atoms with Gasteiger partial charge in [0.05, 0.1) is 6.54 Å². The van der Waals surface area contributed by atoms with E-state index in [0.717, 1.165) is 37.6 Å². The molecule has 4 nitrogen and oxygen atoms in total. The molecule has 100 valence electrons. The molecule has 19 heavy (non-hydrogen) atoms. The third-order valence-corrected chi connectivity index (χ3v) is 3.38. The summed E-state index contributed by atoms with van der Waals surface area (Å²) >= 11 is 0. The van der Waals surface area contributed by atoms with Crippen molar-refractivity contribution in [1.82, 2.24) is 9.55 Å². The summed E-state index contributed by atoms with van der Waals surface area (Å²) in [7, 11) is 0. The van der Waals surface area contributed by atoms with Crippen molar-refractivity contribution >= 4 is 5.95 Å². The van der Waals surface area contributed by atoms with Crippen LogP contribution in [-0.4, -0.2) is 22.2 Å². The van der Waals surface area contributed by atoms with Gasteiger partial charge in [-0.3, -0.25) is 0 Å². The number of aromatic nitrogens is 2. The summed E-state index contributed by atoms with van der Waals surface area (Å²) in [6, 6.07) is 8.25. The maximum atomic E-state index is 5.91. The van der Waals surface area contributed by atoms with Crippen LogP contribution in [0.4, 0.5) is 5.95 Å². The first-order valence-corrected chi connectivity index (χ1v) is 6.86. The van der Waals surface area contributed by atoms with Gasteiger partial charge in [-0.25, -0.2) is 4.98 Å². The lowest BCUT2D eigenvalue weighted by molar-refractivity contribution is 0.246. The van der Waals surface area contributed by atoms with E-state index in [1.165, 1.54) is 5.56 Å². The van der Waals surface area contributed by atoms with Crippen LogP contribution >= 0.6 is 0 Å². The van der Waals surface area contributed by atoms with Gasteiger partial charge in [0.2, 0.25) is 5.95 Å². The second kappa shape index (κ2) is 5.34. The number of rotatable bonds is 5. The second-order valence-electron chi connectivity index (χ2n) is 4.88. The number of benzene rings is 1. The number of imidazole rings is 1. The number of hydrogen-bond acceptors (Lipinski definition) is 3. The first-order chi connectivity index (χ1) is 9.36. The zero-order valence-corrected chi connectivity index (χ0v) is 11.2. The minimum atomic E-state index is 0.198. The largest absolute Gasteiger partial charge is 0.488 e. The van der Waals surface area contributed by atoms with E-state index in [4.69, 9.17) is 4.74 Å². The average molecular weight is 257 g/mol. The van der Waals surface area contributed by atoms with Crippen LogP contribution in [0.3, 0.4) is 0 Å². The van der Waals surface area contributed by atoms with Crippen molar-refractivity contribution in [2.45, 2.75) is 32.4 Å². The maximum Gasteiger partial charge on any atom is 0.202 e. The Kier molecular flexibility index (Phi) is 3.40. The smallest absolute Gasteiger partial charge is 0.202 e. The molecule has 4 heteroatoms. The van der Waals surface area contributed by atoms with Crippen LogP contribution in [0.1, 0.15) is 18.9 Å². The van der Waals surface area contributed by atoms with Crippen LogP contribution in [0.2, 0.25) is 0 Å². The fourth-order valence-electron chi connectivity index (χ4n) is 2.47. The Bertz CT molecular complexity index is 525. The fourth-order valence-corrected chi connectivity index (χ4v) is 2.47. The van der Waals surface area contributed by atoms with Crippen molar-refractivity contribution in [3.63, 3.8) is 0 Å². The van der Waals surface area contributed by atoms with Crippen molar-refractivity contribution in [3.8, 4) is 5.75 Å². The fraction of sp³-hybridized carbons (Fsp3) is 0.400. The average Bonchev–Trinajstić information content (AvgIpc) is 3.02. The van der Waals surface area contributed by atoms with Crippen LogP contribution < -0.4 is 10.1 Å². The van der Waals surface area contributed by atoms with Crippen molar-refractivity contribution in [1.29, 1.82) is 0 Å². The Balaban J connectivity index is 1.58. The molecule has 2 aromatic rings. The van der Waals surface area contributed by atoms with Crippen LogP contribution in [0, 0.1) is 0 Å². The number of nitrogens with zero attached hydrogens (tertiary/aromatic N) is 2. The number of ether oxygens (including phenoxy) is 1. The van der Waals surface area contributed by atoms with Gasteiger partial charge in [0.25, 0.3) is 0 Å². The monoisotopic (exact) mass is 257 g/mol. The van der Waals surface area contributed by atoms with E-state index in [1.54, 1.807) is 0 Å². The summed E-state index contributed by atoms with van der Waals surface area (Å²) in [5, 5.41) is 3.38. The molecule has 1 atom stereocenters. The van der Waals surface area contributed by atoms with Gasteiger partial charge in [-0.1, -0.05) is 25.1 Å². The predicted octanol–water partition coefficient (Wildman–Crippen LogP) is 2.71. The topological polar surface area (TPSA) is 39.1 Å². The highest BCUT2D eigenvalue weighted by Crippen LogP contribution is 2.28. The van der Waals surface area contributed by atoms with Crippen molar-refractivity contribution in [3.05, 3.63) is 42.2 Å². The highest BCUT2D eigenvalue weighted by atomic mass is 16.5. The number of anilines is 1. The summed E-state index contributed by atoms with van der Waals surface area (Å²) in [6.07, 6.45) is 6.12. The molecule has 0 bridgehead atoms. The van der Waals surface area contributed by atoms with Crippen LogP contribution in [0.5, 0.6) is 5.75 Å². The van der Waals surface area contributed by atoms with Gasteiger partial charge in [-0.05, 0) is 18.1 Å². The summed E-state index contributed by atoms with van der Waals surface area (Å²) in [5.41, 5.74) is 1.30. The zero-order chi connectivity index (χ0) is 13.1. The van der Waals surface area contributed by atoms with Gasteiger partial charge in [-0.2, -0.15) is 0 Å². The minimum Gasteiger partial charge on any atom is -0.488 e. The number of fused-ring (bicyclic) bond motifs is 1. The highest BCUT2D eigenvalue weighted by Gasteiger charge is 2.22. The van der Waals surface area contributed by atoms with Gasteiger partial charge in [0.1, 0.15) is 11.9 Å². The van der Waals surface area contributed by atoms with E-state index in [2.05, 4.69) is 33.9 Å². The van der Waals surface area contributed by atoms with Crippen LogP contribution in [-0.2, 0) is 13.0 Å². The molecule has 3 rings (SSSR count).